The molecule has 3 heterocycles. The summed E-state index contributed by atoms with van der Waals surface area (Å²) in [5, 5.41) is 11.3. The van der Waals surface area contributed by atoms with Crippen LogP contribution in [0, 0.1) is 12.8 Å². The van der Waals surface area contributed by atoms with Gasteiger partial charge in [0, 0.05) is 44.1 Å². The van der Waals surface area contributed by atoms with Crippen molar-refractivity contribution in [2.24, 2.45) is 5.92 Å². The number of aromatic nitrogens is 2. The molecule has 1 N–H and O–H groups in total. The first-order chi connectivity index (χ1) is 16.1. The number of rotatable bonds is 4. The van der Waals surface area contributed by atoms with Gasteiger partial charge in [-0.05, 0) is 43.2 Å². The van der Waals surface area contributed by atoms with E-state index in [1.54, 1.807) is 17.0 Å². The molecule has 0 spiro atoms. The molecule has 2 fully saturated rings. The van der Waals surface area contributed by atoms with Gasteiger partial charge in [-0.2, -0.15) is 0 Å². The van der Waals surface area contributed by atoms with Gasteiger partial charge < -0.3 is 24.4 Å². The second-order valence-corrected chi connectivity index (χ2v) is 8.69. The van der Waals surface area contributed by atoms with Crippen molar-refractivity contribution < 1.29 is 19.4 Å². The first-order valence-electron chi connectivity index (χ1n) is 11.4. The standard InChI is InChI=1S/C25H28N4O4/c1-17-6-7-19-21(14-17)26-23(20-4-2-3-5-22(20)30)27-24(19)28-9-11-29(12-10-28)25(31)33-16-18-8-13-32-15-18/h2-7,14,18,30H,8-13,15-16H2,1H3. The Hall–Kier alpha value is -3.39. The summed E-state index contributed by atoms with van der Waals surface area (Å²) in [5.74, 6) is 1.76. The summed E-state index contributed by atoms with van der Waals surface area (Å²) in [6.07, 6.45) is 0.681. The topological polar surface area (TPSA) is 88.0 Å². The number of aromatic hydroxyl groups is 1. The fraction of sp³-hybridized carbons (Fsp3) is 0.400. The summed E-state index contributed by atoms with van der Waals surface area (Å²) >= 11 is 0. The van der Waals surface area contributed by atoms with Crippen molar-refractivity contribution in [1.29, 1.82) is 0 Å². The van der Waals surface area contributed by atoms with Crippen molar-refractivity contribution >= 4 is 22.8 Å². The minimum Gasteiger partial charge on any atom is -0.507 e. The van der Waals surface area contributed by atoms with Gasteiger partial charge in [0.05, 0.1) is 24.3 Å². The molecule has 2 aliphatic rings. The number of piperazine rings is 1. The van der Waals surface area contributed by atoms with Crippen LogP contribution in [0.5, 0.6) is 5.75 Å². The van der Waals surface area contributed by atoms with E-state index in [0.717, 1.165) is 35.3 Å². The highest BCUT2D eigenvalue weighted by molar-refractivity contribution is 5.92. The van der Waals surface area contributed by atoms with Crippen molar-refractivity contribution in [2.45, 2.75) is 13.3 Å². The Morgan fingerprint density at radius 1 is 1.15 bits per heavy atom. The zero-order valence-corrected chi connectivity index (χ0v) is 18.7. The number of para-hydroxylation sites is 1. The Balaban J connectivity index is 1.36. The van der Waals surface area contributed by atoms with E-state index in [2.05, 4.69) is 11.0 Å². The van der Waals surface area contributed by atoms with Gasteiger partial charge in [0.2, 0.25) is 0 Å². The number of phenolic OH excluding ortho intramolecular Hbond substituents is 1. The van der Waals surface area contributed by atoms with Crippen molar-refractivity contribution in [2.75, 3.05) is 50.9 Å². The average Bonchev–Trinajstić information content (AvgIpc) is 3.36. The number of amides is 1. The quantitative estimate of drug-likeness (QED) is 0.652. The molecule has 0 saturated carbocycles. The highest BCUT2D eigenvalue weighted by atomic mass is 16.6. The second kappa shape index (κ2) is 9.23. The number of carbonyl (C=O) groups excluding carboxylic acids is 1. The molecule has 0 bridgehead atoms. The molecule has 2 aliphatic heterocycles. The molecule has 3 aromatic rings. The zero-order valence-electron chi connectivity index (χ0n) is 18.7. The van der Waals surface area contributed by atoms with E-state index in [1.807, 2.05) is 31.2 Å². The van der Waals surface area contributed by atoms with Crippen LogP contribution in [0.4, 0.5) is 10.6 Å². The van der Waals surface area contributed by atoms with E-state index in [4.69, 9.17) is 19.4 Å². The lowest BCUT2D eigenvalue weighted by atomic mass is 10.1. The van der Waals surface area contributed by atoms with Crippen LogP contribution in [0.25, 0.3) is 22.3 Å². The number of ether oxygens (including phenoxy) is 2. The first-order valence-corrected chi connectivity index (χ1v) is 11.4. The molecule has 0 radical (unpaired) electrons. The van der Waals surface area contributed by atoms with Crippen molar-refractivity contribution in [3.63, 3.8) is 0 Å². The number of phenols is 1. The van der Waals surface area contributed by atoms with Crippen molar-refractivity contribution in [3.05, 3.63) is 48.0 Å². The molecule has 8 heteroatoms. The minimum absolute atomic E-state index is 0.149. The maximum absolute atomic E-state index is 12.5. The minimum atomic E-state index is -0.264. The lowest BCUT2D eigenvalue weighted by Gasteiger charge is -2.35. The normalized spacial score (nSPS) is 18.6. The molecule has 0 aliphatic carbocycles. The predicted octanol–water partition coefficient (Wildman–Crippen LogP) is 3.61. The Bertz CT molecular complexity index is 1150. The number of fused-ring (bicyclic) bond motifs is 1. The van der Waals surface area contributed by atoms with E-state index in [0.29, 0.717) is 56.7 Å². The monoisotopic (exact) mass is 448 g/mol. The maximum atomic E-state index is 12.5. The van der Waals surface area contributed by atoms with Gasteiger partial charge >= 0.3 is 6.09 Å². The molecule has 2 aromatic carbocycles. The third-order valence-electron chi connectivity index (χ3n) is 6.28. The summed E-state index contributed by atoms with van der Waals surface area (Å²) in [5.41, 5.74) is 2.54. The molecular weight excluding hydrogens is 420 g/mol. The number of anilines is 1. The van der Waals surface area contributed by atoms with Gasteiger partial charge in [-0.3, -0.25) is 0 Å². The van der Waals surface area contributed by atoms with Crippen LogP contribution in [-0.2, 0) is 9.47 Å². The lowest BCUT2D eigenvalue weighted by molar-refractivity contribution is 0.0815. The van der Waals surface area contributed by atoms with Crippen LogP contribution in [0.3, 0.4) is 0 Å². The van der Waals surface area contributed by atoms with Gasteiger partial charge in [-0.1, -0.05) is 18.2 Å². The first kappa shape index (κ1) is 21.5. The highest BCUT2D eigenvalue weighted by Gasteiger charge is 2.26. The maximum Gasteiger partial charge on any atom is 0.409 e. The predicted molar refractivity (Wildman–Crippen MR) is 125 cm³/mol. The third-order valence-corrected chi connectivity index (χ3v) is 6.28. The molecule has 2 saturated heterocycles. The number of benzene rings is 2. The SMILES string of the molecule is Cc1ccc2c(N3CCN(C(=O)OCC4CCOC4)CC3)nc(-c3ccccc3O)nc2c1. The highest BCUT2D eigenvalue weighted by Crippen LogP contribution is 2.32. The number of carbonyl (C=O) groups is 1. The zero-order chi connectivity index (χ0) is 22.8. The average molecular weight is 449 g/mol. The van der Waals surface area contributed by atoms with E-state index in [-0.39, 0.29) is 11.8 Å². The van der Waals surface area contributed by atoms with Gasteiger partial charge in [0.1, 0.15) is 11.6 Å². The van der Waals surface area contributed by atoms with Gasteiger partial charge in [-0.15, -0.1) is 0 Å². The van der Waals surface area contributed by atoms with E-state index >= 15 is 0 Å². The Morgan fingerprint density at radius 2 is 1.97 bits per heavy atom. The Kier molecular flexibility index (Phi) is 6.00. The third kappa shape index (κ3) is 4.57. The Morgan fingerprint density at radius 3 is 2.73 bits per heavy atom. The molecule has 1 amide bonds. The fourth-order valence-electron chi connectivity index (χ4n) is 4.34. The summed E-state index contributed by atoms with van der Waals surface area (Å²) < 4.78 is 10.9. The smallest absolute Gasteiger partial charge is 0.409 e. The molecule has 172 valence electrons. The summed E-state index contributed by atoms with van der Waals surface area (Å²) in [6.45, 7) is 6.26. The molecule has 33 heavy (non-hydrogen) atoms. The summed E-state index contributed by atoms with van der Waals surface area (Å²) in [7, 11) is 0. The van der Waals surface area contributed by atoms with Crippen molar-refractivity contribution in [3.8, 4) is 17.1 Å². The van der Waals surface area contributed by atoms with Gasteiger partial charge in [0.15, 0.2) is 5.82 Å². The van der Waals surface area contributed by atoms with Gasteiger partial charge in [0.25, 0.3) is 0 Å². The summed E-state index contributed by atoms with van der Waals surface area (Å²) in [6, 6.07) is 13.2. The summed E-state index contributed by atoms with van der Waals surface area (Å²) in [4.78, 5) is 26.0. The van der Waals surface area contributed by atoms with Crippen LogP contribution in [0.15, 0.2) is 42.5 Å². The van der Waals surface area contributed by atoms with Crippen LogP contribution in [-0.4, -0.2) is 72.1 Å². The molecule has 5 rings (SSSR count). The van der Waals surface area contributed by atoms with Crippen LogP contribution in [0.2, 0.25) is 0 Å². The van der Waals surface area contributed by atoms with E-state index in [1.165, 1.54) is 0 Å². The van der Waals surface area contributed by atoms with Gasteiger partial charge in [-0.25, -0.2) is 14.8 Å². The van der Waals surface area contributed by atoms with E-state index in [9.17, 15) is 9.90 Å². The molecule has 1 aromatic heterocycles. The number of hydrogen-bond donors (Lipinski definition) is 1. The largest absolute Gasteiger partial charge is 0.507 e. The fourth-order valence-corrected chi connectivity index (χ4v) is 4.34. The Labute approximate surface area is 192 Å². The van der Waals surface area contributed by atoms with Crippen LogP contribution >= 0.6 is 0 Å². The number of nitrogens with zero attached hydrogens (tertiary/aromatic N) is 4. The van der Waals surface area contributed by atoms with Crippen LogP contribution < -0.4 is 4.90 Å². The number of aryl methyl sites for hydroxylation is 1. The number of hydrogen-bond acceptors (Lipinski definition) is 7. The van der Waals surface area contributed by atoms with Crippen LogP contribution in [0.1, 0.15) is 12.0 Å². The molecule has 1 atom stereocenters. The molecular formula is C25H28N4O4. The van der Waals surface area contributed by atoms with Crippen molar-refractivity contribution in [1.82, 2.24) is 14.9 Å². The second-order valence-electron chi connectivity index (χ2n) is 8.69. The molecule has 1 unspecified atom stereocenters. The molecule has 8 nitrogen and oxygen atoms in total. The lowest BCUT2D eigenvalue weighted by Crippen LogP contribution is -2.49. The van der Waals surface area contributed by atoms with E-state index < -0.39 is 0 Å².